The SMILES string of the molecule is O=C(Cn1c(=O)n(Cc2ccccc2)c(=O)c2sc3ccccc3c21)NCCC1=CCCCC1. The Kier molecular flexibility index (Phi) is 6.45. The summed E-state index contributed by atoms with van der Waals surface area (Å²) in [4.78, 5) is 39.8. The zero-order chi connectivity index (χ0) is 23.5. The van der Waals surface area contributed by atoms with Crippen molar-refractivity contribution in [1.82, 2.24) is 14.5 Å². The Balaban J connectivity index is 1.51. The summed E-state index contributed by atoms with van der Waals surface area (Å²) in [7, 11) is 0. The zero-order valence-electron chi connectivity index (χ0n) is 19.0. The van der Waals surface area contributed by atoms with Gasteiger partial charge in [0, 0.05) is 16.6 Å². The van der Waals surface area contributed by atoms with Crippen LogP contribution in [0.15, 0.2) is 75.8 Å². The molecule has 0 saturated carbocycles. The topological polar surface area (TPSA) is 73.1 Å². The van der Waals surface area contributed by atoms with E-state index in [9.17, 15) is 14.4 Å². The number of carbonyl (C=O) groups excluding carboxylic acids is 1. The number of benzene rings is 2. The lowest BCUT2D eigenvalue weighted by Gasteiger charge is -2.14. The van der Waals surface area contributed by atoms with Crippen LogP contribution in [-0.2, 0) is 17.9 Å². The fraction of sp³-hybridized carbons (Fsp3) is 0.296. The number of allylic oxidation sites excluding steroid dienone is 1. The molecule has 5 rings (SSSR count). The molecule has 0 atom stereocenters. The van der Waals surface area contributed by atoms with Gasteiger partial charge < -0.3 is 5.32 Å². The Morgan fingerprint density at radius 3 is 2.56 bits per heavy atom. The van der Waals surface area contributed by atoms with Crippen LogP contribution < -0.4 is 16.6 Å². The highest BCUT2D eigenvalue weighted by atomic mass is 32.1. The molecule has 2 heterocycles. The van der Waals surface area contributed by atoms with Crippen molar-refractivity contribution in [2.75, 3.05) is 6.54 Å². The van der Waals surface area contributed by atoms with Crippen molar-refractivity contribution in [2.45, 2.75) is 45.2 Å². The van der Waals surface area contributed by atoms with Crippen LogP contribution in [0.2, 0.25) is 0 Å². The maximum absolute atomic E-state index is 13.5. The van der Waals surface area contributed by atoms with E-state index in [-0.39, 0.29) is 24.6 Å². The van der Waals surface area contributed by atoms with Crippen LogP contribution in [0.1, 0.15) is 37.7 Å². The van der Waals surface area contributed by atoms with Crippen LogP contribution in [0.5, 0.6) is 0 Å². The largest absolute Gasteiger partial charge is 0.354 e. The monoisotopic (exact) mass is 473 g/mol. The minimum atomic E-state index is -0.463. The fourth-order valence-electron chi connectivity index (χ4n) is 4.64. The molecule has 0 spiro atoms. The molecule has 2 aromatic carbocycles. The predicted molar refractivity (Wildman–Crippen MR) is 138 cm³/mol. The first-order valence-corrected chi connectivity index (χ1v) is 12.6. The second kappa shape index (κ2) is 9.81. The van der Waals surface area contributed by atoms with E-state index in [1.54, 1.807) is 0 Å². The maximum atomic E-state index is 13.5. The van der Waals surface area contributed by atoms with E-state index in [1.165, 1.54) is 38.9 Å². The Morgan fingerprint density at radius 1 is 0.971 bits per heavy atom. The van der Waals surface area contributed by atoms with Crippen molar-refractivity contribution in [2.24, 2.45) is 0 Å². The maximum Gasteiger partial charge on any atom is 0.332 e. The van der Waals surface area contributed by atoms with Gasteiger partial charge in [-0.05, 0) is 43.7 Å². The molecule has 0 fully saturated rings. The molecule has 0 bridgehead atoms. The van der Waals surface area contributed by atoms with E-state index in [2.05, 4.69) is 11.4 Å². The van der Waals surface area contributed by atoms with E-state index >= 15 is 0 Å². The van der Waals surface area contributed by atoms with Gasteiger partial charge in [-0.15, -0.1) is 11.3 Å². The lowest BCUT2D eigenvalue weighted by molar-refractivity contribution is -0.121. The van der Waals surface area contributed by atoms with Crippen LogP contribution >= 0.6 is 11.3 Å². The van der Waals surface area contributed by atoms with Gasteiger partial charge in [0.2, 0.25) is 5.91 Å². The molecular weight excluding hydrogens is 446 g/mol. The summed E-state index contributed by atoms with van der Waals surface area (Å²) < 4.78 is 4.13. The van der Waals surface area contributed by atoms with E-state index in [0.29, 0.717) is 16.8 Å². The van der Waals surface area contributed by atoms with Crippen molar-refractivity contribution in [3.8, 4) is 0 Å². The Bertz CT molecular complexity index is 1490. The van der Waals surface area contributed by atoms with Gasteiger partial charge in [0.1, 0.15) is 11.2 Å². The number of fused-ring (bicyclic) bond motifs is 3. The van der Waals surface area contributed by atoms with Crippen molar-refractivity contribution in [3.05, 3.63) is 92.6 Å². The first kappa shape index (κ1) is 22.3. The number of hydrogen-bond donors (Lipinski definition) is 1. The summed E-state index contributed by atoms with van der Waals surface area (Å²) in [5, 5.41) is 3.79. The molecule has 0 saturated heterocycles. The average molecular weight is 474 g/mol. The summed E-state index contributed by atoms with van der Waals surface area (Å²) in [6.45, 7) is 0.596. The molecule has 0 aliphatic heterocycles. The van der Waals surface area contributed by atoms with Crippen LogP contribution in [-0.4, -0.2) is 21.6 Å². The van der Waals surface area contributed by atoms with Gasteiger partial charge in [0.15, 0.2) is 0 Å². The number of aromatic nitrogens is 2. The number of carbonyl (C=O) groups is 1. The molecule has 0 unspecified atom stereocenters. The number of nitrogens with one attached hydrogen (secondary N) is 1. The minimum Gasteiger partial charge on any atom is -0.354 e. The molecule has 1 amide bonds. The first-order chi connectivity index (χ1) is 16.6. The number of amides is 1. The van der Waals surface area contributed by atoms with Crippen LogP contribution in [0.4, 0.5) is 0 Å². The molecule has 2 aromatic heterocycles. The first-order valence-electron chi connectivity index (χ1n) is 11.8. The number of thiophene rings is 1. The third kappa shape index (κ3) is 4.48. The van der Waals surface area contributed by atoms with Crippen molar-refractivity contribution < 1.29 is 4.79 Å². The highest BCUT2D eigenvalue weighted by molar-refractivity contribution is 7.25. The molecule has 0 radical (unpaired) electrons. The van der Waals surface area contributed by atoms with Gasteiger partial charge in [-0.3, -0.25) is 18.7 Å². The molecule has 6 nitrogen and oxygen atoms in total. The van der Waals surface area contributed by atoms with Crippen molar-refractivity contribution in [3.63, 3.8) is 0 Å². The number of hydrogen-bond acceptors (Lipinski definition) is 4. The second-order valence-electron chi connectivity index (χ2n) is 8.73. The molecule has 174 valence electrons. The lowest BCUT2D eigenvalue weighted by Crippen LogP contribution is -2.42. The summed E-state index contributed by atoms with van der Waals surface area (Å²) in [5.41, 5.74) is 2.02. The third-order valence-electron chi connectivity index (χ3n) is 6.38. The summed E-state index contributed by atoms with van der Waals surface area (Å²) >= 11 is 1.37. The van der Waals surface area contributed by atoms with E-state index in [0.717, 1.165) is 34.9 Å². The highest BCUT2D eigenvalue weighted by Gasteiger charge is 2.20. The standard InChI is InChI=1S/C27H27N3O3S/c31-23(28-16-15-19-9-3-1-4-10-19)18-29-24-21-13-7-8-14-22(21)34-25(24)26(32)30(27(29)33)17-20-11-5-2-6-12-20/h2,5-9,11-14H,1,3-4,10,15-18H2,(H,28,31). The van der Waals surface area contributed by atoms with E-state index < -0.39 is 5.69 Å². The van der Waals surface area contributed by atoms with Crippen molar-refractivity contribution >= 4 is 37.5 Å². The Morgan fingerprint density at radius 2 is 1.76 bits per heavy atom. The Labute approximate surface area is 201 Å². The Hall–Kier alpha value is -3.45. The molecule has 4 aromatic rings. The van der Waals surface area contributed by atoms with Crippen molar-refractivity contribution in [1.29, 1.82) is 0 Å². The normalized spacial score (nSPS) is 13.8. The van der Waals surface area contributed by atoms with Gasteiger partial charge in [-0.1, -0.05) is 60.2 Å². The van der Waals surface area contributed by atoms with E-state index in [1.807, 2.05) is 54.6 Å². The third-order valence-corrected chi connectivity index (χ3v) is 7.53. The van der Waals surface area contributed by atoms with Gasteiger partial charge in [-0.25, -0.2) is 4.79 Å². The molecule has 1 aliphatic carbocycles. The van der Waals surface area contributed by atoms with E-state index in [4.69, 9.17) is 0 Å². The van der Waals surface area contributed by atoms with Crippen LogP contribution in [0, 0.1) is 0 Å². The summed E-state index contributed by atoms with van der Waals surface area (Å²) in [5.74, 6) is -0.222. The molecule has 1 N–H and O–H groups in total. The lowest BCUT2D eigenvalue weighted by atomic mass is 9.97. The zero-order valence-corrected chi connectivity index (χ0v) is 19.8. The molecule has 1 aliphatic rings. The highest BCUT2D eigenvalue weighted by Crippen LogP contribution is 2.30. The van der Waals surface area contributed by atoms with Crippen LogP contribution in [0.25, 0.3) is 20.3 Å². The predicted octanol–water partition coefficient (Wildman–Crippen LogP) is 4.43. The number of nitrogens with zero attached hydrogens (tertiary/aromatic N) is 2. The smallest absolute Gasteiger partial charge is 0.332 e. The second-order valence-corrected chi connectivity index (χ2v) is 9.78. The molecule has 7 heteroatoms. The average Bonchev–Trinajstić information content (AvgIpc) is 3.25. The van der Waals surface area contributed by atoms with Gasteiger partial charge in [0.25, 0.3) is 5.56 Å². The molecule has 34 heavy (non-hydrogen) atoms. The summed E-state index contributed by atoms with van der Waals surface area (Å²) in [6.07, 6.45) is 7.78. The quantitative estimate of drug-likeness (QED) is 0.404. The summed E-state index contributed by atoms with van der Waals surface area (Å²) in [6, 6.07) is 17.1. The fourth-order valence-corrected chi connectivity index (χ4v) is 5.80. The van der Waals surface area contributed by atoms with Crippen LogP contribution in [0.3, 0.4) is 0 Å². The van der Waals surface area contributed by atoms with Gasteiger partial charge in [0.05, 0.1) is 12.1 Å². The molecular formula is C27H27N3O3S. The van der Waals surface area contributed by atoms with Gasteiger partial charge >= 0.3 is 5.69 Å². The minimum absolute atomic E-state index is 0.121. The number of rotatable bonds is 7. The van der Waals surface area contributed by atoms with Gasteiger partial charge in [-0.2, -0.15) is 0 Å².